The number of pyridine rings is 1. The van der Waals surface area contributed by atoms with Crippen LogP contribution < -0.4 is 5.49 Å². The fraction of sp³-hybridized carbons (Fsp3) is 0.138. The molecule has 4 nitrogen and oxygen atoms in total. The van der Waals surface area contributed by atoms with Gasteiger partial charge in [-0.1, -0.05) is 91.0 Å². The van der Waals surface area contributed by atoms with E-state index in [-0.39, 0.29) is 5.49 Å². The highest BCUT2D eigenvalue weighted by molar-refractivity contribution is 6.06. The second-order valence-electron chi connectivity index (χ2n) is 8.00. The van der Waals surface area contributed by atoms with E-state index in [1.54, 1.807) is 0 Å². The molecule has 0 spiro atoms. The SMILES string of the molecule is CC(=NCc1ccccc1)c1c(-c2ccccc2)c(C#N)c(=N)n(Cc2ccccc2)c1C. The number of nitriles is 1. The molecule has 0 atom stereocenters. The van der Waals surface area contributed by atoms with E-state index in [0.717, 1.165) is 39.2 Å². The molecule has 4 aromatic rings. The highest BCUT2D eigenvalue weighted by Gasteiger charge is 2.21. The summed E-state index contributed by atoms with van der Waals surface area (Å²) in [6, 6.07) is 32.4. The second kappa shape index (κ2) is 9.93. The van der Waals surface area contributed by atoms with E-state index in [9.17, 15) is 5.26 Å². The summed E-state index contributed by atoms with van der Waals surface area (Å²) in [6.07, 6.45) is 0. The van der Waals surface area contributed by atoms with Gasteiger partial charge in [0, 0.05) is 29.1 Å². The number of aromatic nitrogens is 1. The fourth-order valence-corrected chi connectivity index (χ4v) is 4.14. The van der Waals surface area contributed by atoms with Crippen LogP contribution in [0.3, 0.4) is 0 Å². The van der Waals surface area contributed by atoms with Gasteiger partial charge in [0.15, 0.2) is 0 Å². The molecule has 4 rings (SSSR count). The molecular weight excluding hydrogens is 404 g/mol. The van der Waals surface area contributed by atoms with Gasteiger partial charge in [0.25, 0.3) is 0 Å². The van der Waals surface area contributed by atoms with Crippen LogP contribution in [0.25, 0.3) is 11.1 Å². The third-order valence-electron chi connectivity index (χ3n) is 5.83. The maximum absolute atomic E-state index is 10.1. The minimum atomic E-state index is 0.220. The lowest BCUT2D eigenvalue weighted by Crippen LogP contribution is -2.29. The Bertz CT molecular complexity index is 1380. The molecule has 3 aromatic carbocycles. The van der Waals surface area contributed by atoms with E-state index in [1.807, 2.05) is 97.3 Å². The number of aliphatic imine (C=N–C) groups is 1. The monoisotopic (exact) mass is 430 g/mol. The van der Waals surface area contributed by atoms with Gasteiger partial charge >= 0.3 is 0 Å². The number of hydrogen-bond donors (Lipinski definition) is 1. The zero-order chi connectivity index (χ0) is 23.2. The van der Waals surface area contributed by atoms with Crippen LogP contribution in [-0.2, 0) is 13.1 Å². The van der Waals surface area contributed by atoms with E-state index < -0.39 is 0 Å². The number of hydrogen-bond acceptors (Lipinski definition) is 3. The molecule has 0 saturated heterocycles. The van der Waals surface area contributed by atoms with Crippen molar-refractivity contribution >= 4 is 5.71 Å². The quantitative estimate of drug-likeness (QED) is 0.382. The first-order valence-electron chi connectivity index (χ1n) is 11.0. The van der Waals surface area contributed by atoms with Crippen LogP contribution >= 0.6 is 0 Å². The Morgan fingerprint density at radius 2 is 1.42 bits per heavy atom. The molecule has 0 amide bonds. The van der Waals surface area contributed by atoms with Crippen molar-refractivity contribution < 1.29 is 0 Å². The Morgan fingerprint density at radius 1 is 0.879 bits per heavy atom. The van der Waals surface area contributed by atoms with Crippen molar-refractivity contribution in [1.29, 1.82) is 10.7 Å². The van der Waals surface area contributed by atoms with Gasteiger partial charge in [-0.3, -0.25) is 10.4 Å². The predicted octanol–water partition coefficient (Wildman–Crippen LogP) is 5.87. The lowest BCUT2D eigenvalue weighted by Gasteiger charge is -2.21. The third-order valence-corrected chi connectivity index (χ3v) is 5.83. The fourth-order valence-electron chi connectivity index (χ4n) is 4.14. The van der Waals surface area contributed by atoms with Crippen molar-refractivity contribution in [1.82, 2.24) is 4.57 Å². The number of nitrogens with zero attached hydrogens (tertiary/aromatic N) is 3. The molecule has 33 heavy (non-hydrogen) atoms. The molecule has 0 aliphatic carbocycles. The molecule has 0 bridgehead atoms. The van der Waals surface area contributed by atoms with Gasteiger partial charge in [-0.05, 0) is 30.5 Å². The molecule has 1 heterocycles. The zero-order valence-electron chi connectivity index (χ0n) is 18.9. The van der Waals surface area contributed by atoms with E-state index in [4.69, 9.17) is 10.4 Å². The molecule has 4 heteroatoms. The number of rotatable bonds is 6. The molecular formula is C29H26N4. The maximum Gasteiger partial charge on any atom is 0.144 e. The summed E-state index contributed by atoms with van der Waals surface area (Å²) < 4.78 is 1.91. The van der Waals surface area contributed by atoms with Crippen LogP contribution in [-0.4, -0.2) is 10.3 Å². The molecule has 162 valence electrons. The lowest BCUT2D eigenvalue weighted by molar-refractivity contribution is 0.701. The predicted molar refractivity (Wildman–Crippen MR) is 133 cm³/mol. The van der Waals surface area contributed by atoms with Crippen LogP contribution in [0.2, 0.25) is 0 Å². The van der Waals surface area contributed by atoms with Crippen LogP contribution in [0.4, 0.5) is 0 Å². The van der Waals surface area contributed by atoms with Crippen molar-refractivity contribution in [3.05, 3.63) is 124 Å². The molecule has 1 N–H and O–H groups in total. The largest absolute Gasteiger partial charge is 0.325 e. The van der Waals surface area contributed by atoms with Crippen LogP contribution in [0, 0.1) is 23.7 Å². The van der Waals surface area contributed by atoms with Crippen molar-refractivity contribution in [2.24, 2.45) is 4.99 Å². The first-order valence-corrected chi connectivity index (χ1v) is 11.0. The molecule has 0 fully saturated rings. The van der Waals surface area contributed by atoms with Crippen molar-refractivity contribution in [2.45, 2.75) is 26.9 Å². The molecule has 0 aliphatic rings. The Hall–Kier alpha value is -4.23. The molecule has 0 radical (unpaired) electrons. The van der Waals surface area contributed by atoms with Crippen LogP contribution in [0.5, 0.6) is 0 Å². The minimum absolute atomic E-state index is 0.220. The lowest BCUT2D eigenvalue weighted by atomic mass is 9.91. The summed E-state index contributed by atoms with van der Waals surface area (Å²) in [4.78, 5) is 4.90. The first-order chi connectivity index (χ1) is 16.1. The van der Waals surface area contributed by atoms with Gasteiger partial charge in [0.2, 0.25) is 0 Å². The molecule has 1 aromatic heterocycles. The number of benzene rings is 3. The molecule has 0 aliphatic heterocycles. The Morgan fingerprint density at radius 3 is 2.00 bits per heavy atom. The summed E-state index contributed by atoms with van der Waals surface area (Å²) in [7, 11) is 0. The minimum Gasteiger partial charge on any atom is -0.325 e. The van der Waals surface area contributed by atoms with Gasteiger partial charge in [0.05, 0.1) is 6.54 Å². The third kappa shape index (κ3) is 4.68. The van der Waals surface area contributed by atoms with E-state index in [0.29, 0.717) is 18.7 Å². The average molecular weight is 431 g/mol. The van der Waals surface area contributed by atoms with E-state index in [1.165, 1.54) is 0 Å². The summed E-state index contributed by atoms with van der Waals surface area (Å²) in [6.45, 7) is 5.10. The second-order valence-corrected chi connectivity index (χ2v) is 8.00. The summed E-state index contributed by atoms with van der Waals surface area (Å²) >= 11 is 0. The molecule has 0 saturated carbocycles. The Balaban J connectivity index is 1.94. The van der Waals surface area contributed by atoms with Gasteiger partial charge in [-0.2, -0.15) is 5.26 Å². The van der Waals surface area contributed by atoms with Crippen LogP contribution in [0.1, 0.15) is 34.9 Å². The normalized spacial score (nSPS) is 11.2. The maximum atomic E-state index is 10.1. The zero-order valence-corrected chi connectivity index (χ0v) is 18.9. The Labute approximate surface area is 194 Å². The van der Waals surface area contributed by atoms with E-state index in [2.05, 4.69) is 18.2 Å². The van der Waals surface area contributed by atoms with Crippen molar-refractivity contribution in [3.63, 3.8) is 0 Å². The summed E-state index contributed by atoms with van der Waals surface area (Å²) in [5, 5.41) is 19.0. The van der Waals surface area contributed by atoms with Crippen molar-refractivity contribution in [2.75, 3.05) is 0 Å². The molecule has 0 unspecified atom stereocenters. The van der Waals surface area contributed by atoms with Gasteiger partial charge < -0.3 is 4.57 Å². The van der Waals surface area contributed by atoms with Crippen molar-refractivity contribution in [3.8, 4) is 17.2 Å². The van der Waals surface area contributed by atoms with E-state index >= 15 is 0 Å². The Kier molecular flexibility index (Phi) is 6.61. The van der Waals surface area contributed by atoms with Gasteiger partial charge in [-0.15, -0.1) is 0 Å². The van der Waals surface area contributed by atoms with Gasteiger partial charge in [0.1, 0.15) is 17.1 Å². The van der Waals surface area contributed by atoms with Crippen LogP contribution in [0.15, 0.2) is 96.0 Å². The standard InChI is InChI=1S/C29H26N4/c1-21(32-19-23-12-6-3-7-13-23)27-22(2)33(20-24-14-8-4-9-15-24)29(31)26(18-30)28(27)25-16-10-5-11-17-25/h3-17,31H,19-20H2,1-2H3. The average Bonchev–Trinajstić information content (AvgIpc) is 2.86. The smallest absolute Gasteiger partial charge is 0.144 e. The first kappa shape index (κ1) is 22.0. The highest BCUT2D eigenvalue weighted by Crippen LogP contribution is 2.29. The van der Waals surface area contributed by atoms with Gasteiger partial charge in [-0.25, -0.2) is 0 Å². The highest BCUT2D eigenvalue weighted by atomic mass is 15.0. The number of nitrogens with one attached hydrogen (secondary N) is 1. The topological polar surface area (TPSA) is 64.9 Å². The summed E-state index contributed by atoms with van der Waals surface area (Å²) in [5.41, 5.74) is 7.20. The summed E-state index contributed by atoms with van der Waals surface area (Å²) in [5.74, 6) is 0.